The molecule has 0 fully saturated rings. The van der Waals surface area contributed by atoms with E-state index in [-0.39, 0.29) is 17.0 Å². The van der Waals surface area contributed by atoms with Gasteiger partial charge in [-0.25, -0.2) is 0 Å². The van der Waals surface area contributed by atoms with Crippen LogP contribution in [0.2, 0.25) is 0 Å². The van der Waals surface area contributed by atoms with Crippen LogP contribution in [-0.4, -0.2) is 13.2 Å². The van der Waals surface area contributed by atoms with Gasteiger partial charge in [0.2, 0.25) is 0 Å². The lowest BCUT2D eigenvalue weighted by molar-refractivity contribution is -0.163. The second kappa shape index (κ2) is 10.4. The summed E-state index contributed by atoms with van der Waals surface area (Å²) < 4.78 is 0. The molecule has 0 bridgehead atoms. The molecule has 0 amide bonds. The van der Waals surface area contributed by atoms with Crippen LogP contribution in [0.15, 0.2) is 0 Å². The number of nitrogens with one attached hydrogen (secondary N) is 1. The molecule has 0 saturated heterocycles. The first-order valence-corrected chi connectivity index (χ1v) is 2.40. The quantitative estimate of drug-likeness (QED) is 0.525. The van der Waals surface area contributed by atoms with Crippen molar-refractivity contribution in [3.05, 3.63) is 0 Å². The van der Waals surface area contributed by atoms with E-state index in [0.29, 0.717) is 13.2 Å². The predicted molar refractivity (Wildman–Crippen MR) is 36.7 cm³/mol. The molecule has 0 heterocycles. The fourth-order valence-electron chi connectivity index (χ4n) is 0.160. The fraction of sp³-hybridized carbons (Fsp3) is 1.00. The maximum atomic E-state index is 4.60. The Labute approximate surface area is 60.0 Å². The van der Waals surface area contributed by atoms with Crippen molar-refractivity contribution in [1.29, 1.82) is 0 Å². The summed E-state index contributed by atoms with van der Waals surface area (Å²) in [5.41, 5.74) is 2.28. The fourth-order valence-corrected chi connectivity index (χ4v) is 0.160. The summed E-state index contributed by atoms with van der Waals surface area (Å²) in [7, 11) is 0. The Morgan fingerprint density at radius 3 is 1.75 bits per heavy atom. The molecule has 0 aliphatic rings. The lowest BCUT2D eigenvalue weighted by Gasteiger charge is -1.98. The van der Waals surface area contributed by atoms with Crippen molar-refractivity contribution in [3.63, 3.8) is 0 Å². The minimum absolute atomic E-state index is 0. The molecule has 4 heteroatoms. The Balaban J connectivity index is 0. The van der Waals surface area contributed by atoms with Gasteiger partial charge in [-0.15, -0.1) is 17.0 Å². The van der Waals surface area contributed by atoms with E-state index >= 15 is 0 Å². The maximum Gasteiger partial charge on any atom is 0.0680 e. The standard InChI is InChI=1S/C4H11NO2.BrH/c1-3-6-5-7-4-2;/h5H,3-4H2,1-2H3;1H. The van der Waals surface area contributed by atoms with Crippen molar-refractivity contribution in [3.8, 4) is 0 Å². The Morgan fingerprint density at radius 2 is 1.50 bits per heavy atom. The van der Waals surface area contributed by atoms with Gasteiger partial charge < -0.3 is 0 Å². The molecule has 0 atom stereocenters. The average Bonchev–Trinajstić information content (AvgIpc) is 1.69. The summed E-state index contributed by atoms with van der Waals surface area (Å²) in [5.74, 6) is 0. The van der Waals surface area contributed by atoms with Gasteiger partial charge in [0.25, 0.3) is 0 Å². The van der Waals surface area contributed by atoms with Gasteiger partial charge in [-0.05, 0) is 13.8 Å². The van der Waals surface area contributed by atoms with E-state index in [1.807, 2.05) is 13.8 Å². The van der Waals surface area contributed by atoms with Crippen molar-refractivity contribution in [1.82, 2.24) is 5.64 Å². The summed E-state index contributed by atoms with van der Waals surface area (Å²) in [4.78, 5) is 9.20. The summed E-state index contributed by atoms with van der Waals surface area (Å²) in [6.07, 6.45) is 0. The van der Waals surface area contributed by atoms with Crippen LogP contribution in [0.3, 0.4) is 0 Å². The van der Waals surface area contributed by atoms with E-state index in [1.165, 1.54) is 0 Å². The van der Waals surface area contributed by atoms with Crippen molar-refractivity contribution in [2.45, 2.75) is 13.8 Å². The van der Waals surface area contributed by atoms with E-state index in [4.69, 9.17) is 0 Å². The number of hydrogen-bond acceptors (Lipinski definition) is 3. The molecule has 0 aliphatic heterocycles. The van der Waals surface area contributed by atoms with Gasteiger partial charge in [0.15, 0.2) is 0 Å². The molecule has 52 valence electrons. The largest absolute Gasteiger partial charge is 0.277 e. The second-order valence-electron chi connectivity index (χ2n) is 0.949. The van der Waals surface area contributed by atoms with Crippen molar-refractivity contribution < 1.29 is 9.68 Å². The maximum absolute atomic E-state index is 4.60. The smallest absolute Gasteiger partial charge is 0.0680 e. The van der Waals surface area contributed by atoms with Crippen LogP contribution < -0.4 is 5.64 Å². The van der Waals surface area contributed by atoms with Gasteiger partial charge in [0.1, 0.15) is 0 Å². The summed E-state index contributed by atoms with van der Waals surface area (Å²) in [5, 5.41) is 0. The molecule has 3 nitrogen and oxygen atoms in total. The summed E-state index contributed by atoms with van der Waals surface area (Å²) in [6, 6.07) is 0. The minimum Gasteiger partial charge on any atom is -0.277 e. The van der Waals surface area contributed by atoms with Gasteiger partial charge in [-0.3, -0.25) is 9.68 Å². The number of halogens is 1. The Kier molecular flexibility index (Phi) is 14.5. The zero-order valence-electron chi connectivity index (χ0n) is 5.14. The van der Waals surface area contributed by atoms with Gasteiger partial charge in [0.05, 0.1) is 13.2 Å². The molecule has 8 heavy (non-hydrogen) atoms. The first kappa shape index (κ1) is 11.2. The third-order valence-electron chi connectivity index (χ3n) is 0.407. The lowest BCUT2D eigenvalue weighted by Crippen LogP contribution is -2.14. The van der Waals surface area contributed by atoms with Crippen LogP contribution >= 0.6 is 17.0 Å². The van der Waals surface area contributed by atoms with E-state index < -0.39 is 0 Å². The minimum atomic E-state index is 0. The zero-order valence-corrected chi connectivity index (χ0v) is 6.85. The van der Waals surface area contributed by atoms with Gasteiger partial charge in [0, 0.05) is 0 Å². The van der Waals surface area contributed by atoms with Crippen LogP contribution in [-0.2, 0) is 9.68 Å². The molecule has 1 N–H and O–H groups in total. The first-order valence-electron chi connectivity index (χ1n) is 2.40. The van der Waals surface area contributed by atoms with E-state index in [9.17, 15) is 0 Å². The van der Waals surface area contributed by atoms with E-state index in [0.717, 1.165) is 0 Å². The molecule has 0 unspecified atom stereocenters. The Bertz CT molecular complexity index is 33.2. The van der Waals surface area contributed by atoms with Gasteiger partial charge >= 0.3 is 0 Å². The Hall–Kier alpha value is 0.360. The van der Waals surface area contributed by atoms with E-state index in [2.05, 4.69) is 15.3 Å². The molecular weight excluding hydrogens is 174 g/mol. The average molecular weight is 186 g/mol. The highest BCUT2D eigenvalue weighted by atomic mass is 79.9. The van der Waals surface area contributed by atoms with Crippen molar-refractivity contribution in [2.75, 3.05) is 13.2 Å². The normalized spacial score (nSPS) is 8.25. The van der Waals surface area contributed by atoms with E-state index in [1.54, 1.807) is 0 Å². The Morgan fingerprint density at radius 1 is 1.12 bits per heavy atom. The molecular formula is C4H12BrNO2. The molecule has 0 rings (SSSR count). The first-order chi connectivity index (χ1) is 3.41. The highest BCUT2D eigenvalue weighted by Crippen LogP contribution is 1.64. The number of rotatable bonds is 4. The summed E-state index contributed by atoms with van der Waals surface area (Å²) in [6.45, 7) is 5.01. The van der Waals surface area contributed by atoms with Crippen LogP contribution in [0.25, 0.3) is 0 Å². The van der Waals surface area contributed by atoms with Crippen LogP contribution in [0.5, 0.6) is 0 Å². The SMILES string of the molecule is Br.CCONOCC. The zero-order chi connectivity index (χ0) is 5.54. The molecule has 0 saturated carbocycles. The molecule has 0 spiro atoms. The highest BCUT2D eigenvalue weighted by molar-refractivity contribution is 8.93. The highest BCUT2D eigenvalue weighted by Gasteiger charge is 1.74. The molecule has 0 radical (unpaired) electrons. The molecule has 0 aliphatic carbocycles. The van der Waals surface area contributed by atoms with Crippen LogP contribution in [0.4, 0.5) is 0 Å². The van der Waals surface area contributed by atoms with Crippen molar-refractivity contribution >= 4 is 17.0 Å². The third kappa shape index (κ3) is 9.61. The monoisotopic (exact) mass is 185 g/mol. The second-order valence-corrected chi connectivity index (χ2v) is 0.949. The topological polar surface area (TPSA) is 30.5 Å². The lowest BCUT2D eigenvalue weighted by atomic mass is 10.9. The van der Waals surface area contributed by atoms with Crippen molar-refractivity contribution in [2.24, 2.45) is 0 Å². The molecule has 0 aromatic carbocycles. The summed E-state index contributed by atoms with van der Waals surface area (Å²) >= 11 is 0. The number of hydrogen-bond donors (Lipinski definition) is 1. The molecule has 0 aromatic heterocycles. The third-order valence-corrected chi connectivity index (χ3v) is 0.407. The van der Waals surface area contributed by atoms with Gasteiger partial charge in [-0.1, -0.05) is 5.64 Å². The van der Waals surface area contributed by atoms with Crippen LogP contribution in [0.1, 0.15) is 13.8 Å². The predicted octanol–water partition coefficient (Wildman–Crippen LogP) is 1.06. The van der Waals surface area contributed by atoms with Crippen LogP contribution in [0, 0.1) is 0 Å². The van der Waals surface area contributed by atoms with Gasteiger partial charge in [-0.2, -0.15) is 0 Å². The molecule has 0 aromatic rings.